The van der Waals surface area contributed by atoms with Gasteiger partial charge in [-0.2, -0.15) is 9.46 Å². The third-order valence-electron chi connectivity index (χ3n) is 6.87. The van der Waals surface area contributed by atoms with Crippen LogP contribution in [0.3, 0.4) is 0 Å². The first-order valence-corrected chi connectivity index (χ1v) is 15.0. The molecule has 10 nitrogen and oxygen atoms in total. The summed E-state index contributed by atoms with van der Waals surface area (Å²) in [6.45, 7) is 6.70. The summed E-state index contributed by atoms with van der Waals surface area (Å²) in [7, 11) is -0.497. The Morgan fingerprint density at radius 3 is 2.71 bits per heavy atom. The maximum Gasteiger partial charge on any atom is 0.258 e. The highest BCUT2D eigenvalue weighted by atomic mass is 32.2. The average molecular weight is 536 g/mol. The summed E-state index contributed by atoms with van der Waals surface area (Å²) in [5, 5.41) is 7.41. The first-order chi connectivity index (χ1) is 18.0. The lowest BCUT2D eigenvalue weighted by molar-refractivity contribution is 0.102. The highest BCUT2D eigenvalue weighted by molar-refractivity contribution is 7.92. The molecule has 4 heterocycles. The van der Waals surface area contributed by atoms with Crippen molar-refractivity contribution in [1.29, 1.82) is 0 Å². The van der Waals surface area contributed by atoms with Crippen molar-refractivity contribution in [2.75, 3.05) is 24.4 Å². The number of nitrogens with zero attached hydrogens (tertiary/aromatic N) is 6. The fraction of sp³-hybridized carbons (Fsp3) is 0.407. The van der Waals surface area contributed by atoms with Gasteiger partial charge in [0.15, 0.2) is 0 Å². The summed E-state index contributed by atoms with van der Waals surface area (Å²) in [6, 6.07) is 9.06. The van der Waals surface area contributed by atoms with Crippen LogP contribution in [0.25, 0.3) is 22.3 Å². The second-order valence-corrected chi connectivity index (χ2v) is 12.8. The van der Waals surface area contributed by atoms with E-state index in [9.17, 15) is 9.00 Å². The summed E-state index contributed by atoms with van der Waals surface area (Å²) < 4.78 is 26.6. The van der Waals surface area contributed by atoms with Crippen LogP contribution in [0.15, 0.2) is 40.9 Å². The van der Waals surface area contributed by atoms with E-state index < -0.39 is 9.73 Å². The number of nitrogens with one attached hydrogen (secondary N) is 1. The predicted molar refractivity (Wildman–Crippen MR) is 150 cm³/mol. The molecule has 0 radical (unpaired) electrons. The molecule has 0 saturated carbocycles. The van der Waals surface area contributed by atoms with E-state index in [0.717, 1.165) is 29.4 Å². The number of fused-ring (bicyclic) bond motifs is 7. The number of anilines is 1. The van der Waals surface area contributed by atoms with Gasteiger partial charge in [-0.1, -0.05) is 6.92 Å². The lowest BCUT2D eigenvalue weighted by Gasteiger charge is -2.24. The van der Waals surface area contributed by atoms with Crippen LogP contribution in [-0.4, -0.2) is 53.6 Å². The highest BCUT2D eigenvalue weighted by Crippen LogP contribution is 2.34. The molecule has 0 fully saturated rings. The van der Waals surface area contributed by atoms with E-state index in [-0.39, 0.29) is 17.9 Å². The Labute approximate surface area is 222 Å². The number of aromatic nitrogens is 5. The van der Waals surface area contributed by atoms with Gasteiger partial charge in [0.05, 0.1) is 40.8 Å². The standard InChI is InChI=1S/C27H33N7O3S/c1-16-8-7-11-37-26-21(15-28-33(26)4)23-13-19(12-17(2)29-23)25(35)31-27-30-22-10-9-20(32-38(5,6)36)14-24(22)34(27)18(16)3/h9-10,12-16,18H,7-8,11H2,1-6H3,(H,30,31,35). The van der Waals surface area contributed by atoms with Crippen LogP contribution in [0, 0.1) is 12.8 Å². The Hall–Kier alpha value is -3.73. The number of hydrogen-bond donors (Lipinski definition) is 1. The maximum absolute atomic E-state index is 13.6. The normalized spacial score (nSPS) is 18.5. The van der Waals surface area contributed by atoms with E-state index in [1.54, 1.807) is 41.6 Å². The SMILES string of the molecule is Cc1cc2cc(n1)-c1cnn(C)c1OCCCC(C)C(C)n1c(nc3ccc(N=S(C)(C)=O)cc31)NC2=O. The molecule has 1 N–H and O–H groups in total. The molecule has 38 heavy (non-hydrogen) atoms. The number of carbonyl (C=O) groups is 1. The summed E-state index contributed by atoms with van der Waals surface area (Å²) in [5.41, 5.74) is 4.71. The van der Waals surface area contributed by atoms with Gasteiger partial charge in [-0.3, -0.25) is 15.1 Å². The number of hydrogen-bond acceptors (Lipinski definition) is 7. The number of rotatable bonds is 1. The van der Waals surface area contributed by atoms with Crippen molar-refractivity contribution in [2.45, 2.75) is 39.7 Å². The van der Waals surface area contributed by atoms with Gasteiger partial charge in [0.25, 0.3) is 5.91 Å². The molecule has 2 unspecified atom stereocenters. The van der Waals surface area contributed by atoms with E-state index in [1.807, 2.05) is 26.1 Å². The summed E-state index contributed by atoms with van der Waals surface area (Å²) in [6.07, 6.45) is 6.67. The van der Waals surface area contributed by atoms with Crippen molar-refractivity contribution in [2.24, 2.45) is 17.3 Å². The molecular formula is C27H33N7O3S. The second-order valence-electron chi connectivity index (χ2n) is 10.3. The number of pyridine rings is 1. The van der Waals surface area contributed by atoms with Crippen molar-refractivity contribution < 1.29 is 13.7 Å². The molecule has 2 atom stereocenters. The Balaban J connectivity index is 1.66. The molecule has 0 spiro atoms. The van der Waals surface area contributed by atoms with Gasteiger partial charge in [0.2, 0.25) is 11.8 Å². The molecule has 1 aromatic carbocycles. The molecule has 200 valence electrons. The molecule has 1 aliphatic heterocycles. The van der Waals surface area contributed by atoms with Crippen molar-refractivity contribution in [3.63, 3.8) is 0 Å². The van der Waals surface area contributed by atoms with Gasteiger partial charge >= 0.3 is 0 Å². The topological polar surface area (TPSA) is 116 Å². The van der Waals surface area contributed by atoms with Crippen LogP contribution in [0.2, 0.25) is 0 Å². The molecule has 0 saturated heterocycles. The Morgan fingerprint density at radius 2 is 1.95 bits per heavy atom. The van der Waals surface area contributed by atoms with Crippen LogP contribution >= 0.6 is 0 Å². The minimum atomic E-state index is -2.33. The zero-order valence-corrected chi connectivity index (χ0v) is 23.4. The summed E-state index contributed by atoms with van der Waals surface area (Å²) in [4.78, 5) is 23.0. The highest BCUT2D eigenvalue weighted by Gasteiger charge is 2.24. The van der Waals surface area contributed by atoms with E-state index in [4.69, 9.17) is 9.72 Å². The molecule has 5 rings (SSSR count). The van der Waals surface area contributed by atoms with E-state index in [1.165, 1.54) is 0 Å². The first kappa shape index (κ1) is 25.9. The number of benzene rings is 1. The number of carbonyl (C=O) groups excluding carboxylic acids is 1. The van der Waals surface area contributed by atoms with Crippen LogP contribution in [-0.2, 0) is 16.8 Å². The van der Waals surface area contributed by atoms with E-state index >= 15 is 0 Å². The monoisotopic (exact) mass is 535 g/mol. The Morgan fingerprint density at radius 1 is 1.16 bits per heavy atom. The third kappa shape index (κ3) is 5.15. The summed E-state index contributed by atoms with van der Waals surface area (Å²) in [5.74, 6) is 1.04. The third-order valence-corrected chi connectivity index (χ3v) is 7.52. The average Bonchev–Trinajstić information content (AvgIpc) is 3.38. The first-order valence-electron chi connectivity index (χ1n) is 12.6. The molecule has 1 amide bonds. The zero-order valence-electron chi connectivity index (χ0n) is 22.6. The quantitative estimate of drug-likeness (QED) is 0.362. The molecule has 0 aliphatic carbocycles. The zero-order chi connectivity index (χ0) is 27.2. The van der Waals surface area contributed by atoms with Crippen LogP contribution in [0.1, 0.15) is 48.8 Å². The fourth-order valence-corrected chi connectivity index (χ4v) is 5.47. The van der Waals surface area contributed by atoms with Gasteiger partial charge in [-0.05, 0) is 62.9 Å². The van der Waals surface area contributed by atoms with Crippen molar-refractivity contribution in [1.82, 2.24) is 24.3 Å². The largest absolute Gasteiger partial charge is 0.477 e. The van der Waals surface area contributed by atoms with E-state index in [2.05, 4.69) is 38.2 Å². The molecule has 1 aliphatic rings. The van der Waals surface area contributed by atoms with Gasteiger partial charge in [0.1, 0.15) is 0 Å². The molecular weight excluding hydrogens is 502 g/mol. The lowest BCUT2D eigenvalue weighted by Crippen LogP contribution is -2.21. The van der Waals surface area contributed by atoms with Crippen molar-refractivity contribution >= 4 is 38.3 Å². The minimum Gasteiger partial charge on any atom is -0.477 e. The summed E-state index contributed by atoms with van der Waals surface area (Å²) >= 11 is 0. The van der Waals surface area contributed by atoms with Gasteiger partial charge in [-0.15, -0.1) is 0 Å². The predicted octanol–water partition coefficient (Wildman–Crippen LogP) is 5.12. The smallest absolute Gasteiger partial charge is 0.258 e. The number of imidazole rings is 1. The fourth-order valence-electron chi connectivity index (χ4n) is 4.85. The molecule has 3 aromatic heterocycles. The maximum atomic E-state index is 13.6. The van der Waals surface area contributed by atoms with Crippen molar-refractivity contribution in [3.8, 4) is 17.1 Å². The lowest BCUT2D eigenvalue weighted by atomic mass is 9.97. The van der Waals surface area contributed by atoms with Gasteiger partial charge in [0, 0.05) is 46.6 Å². The molecule has 11 heteroatoms. The van der Waals surface area contributed by atoms with Gasteiger partial charge in [-0.25, -0.2) is 13.9 Å². The molecule has 4 aromatic rings. The Bertz CT molecular complexity index is 1650. The van der Waals surface area contributed by atoms with Gasteiger partial charge < -0.3 is 9.30 Å². The second kappa shape index (κ2) is 9.86. The number of amides is 1. The minimum absolute atomic E-state index is 0.00490. The Kier molecular flexibility index (Phi) is 6.72. The van der Waals surface area contributed by atoms with Crippen LogP contribution in [0.5, 0.6) is 5.88 Å². The van der Waals surface area contributed by atoms with Crippen LogP contribution in [0.4, 0.5) is 11.6 Å². The molecule has 2 bridgehead atoms. The van der Waals surface area contributed by atoms with Crippen molar-refractivity contribution in [3.05, 3.63) is 47.8 Å². The number of ether oxygens (including phenoxy) is 1. The number of aryl methyl sites for hydroxylation is 2. The van der Waals surface area contributed by atoms with Crippen LogP contribution < -0.4 is 10.1 Å². The van der Waals surface area contributed by atoms with E-state index in [0.29, 0.717) is 41.1 Å².